The van der Waals surface area contributed by atoms with Crippen LogP contribution in [0.2, 0.25) is 0 Å². The summed E-state index contributed by atoms with van der Waals surface area (Å²) in [5, 5.41) is 18.3. The molecule has 1 aliphatic carbocycles. The van der Waals surface area contributed by atoms with Gasteiger partial charge in [0.25, 0.3) is 5.56 Å². The van der Waals surface area contributed by atoms with Crippen molar-refractivity contribution in [3.63, 3.8) is 0 Å². The van der Waals surface area contributed by atoms with Crippen LogP contribution < -0.4 is 11.2 Å². The third-order valence-corrected chi connectivity index (χ3v) is 3.26. The molecular weight excluding hydrogens is 212 g/mol. The average molecular weight is 226 g/mol. The largest absolute Gasteiger partial charge is 0.396 e. The predicted molar refractivity (Wildman–Crippen MR) is 56.3 cm³/mol. The fourth-order valence-corrected chi connectivity index (χ4v) is 1.93. The number of aliphatic hydroxyl groups is 2. The summed E-state index contributed by atoms with van der Waals surface area (Å²) in [6.07, 6.45) is 2.02. The predicted octanol–water partition coefficient (Wildman–Crippen LogP) is -1.24. The first kappa shape index (κ1) is 11.1. The Hall–Kier alpha value is -1.40. The fourth-order valence-electron chi connectivity index (χ4n) is 1.93. The van der Waals surface area contributed by atoms with E-state index in [1.165, 1.54) is 10.8 Å². The van der Waals surface area contributed by atoms with Crippen LogP contribution in [0.4, 0.5) is 0 Å². The lowest BCUT2D eigenvalue weighted by Gasteiger charge is -2.12. The Morgan fingerprint density at radius 1 is 1.50 bits per heavy atom. The van der Waals surface area contributed by atoms with Crippen molar-refractivity contribution in [1.82, 2.24) is 9.55 Å². The van der Waals surface area contributed by atoms with E-state index in [-0.39, 0.29) is 19.3 Å². The van der Waals surface area contributed by atoms with E-state index in [0.717, 1.165) is 0 Å². The van der Waals surface area contributed by atoms with Gasteiger partial charge in [0.15, 0.2) is 0 Å². The van der Waals surface area contributed by atoms with Gasteiger partial charge in [-0.1, -0.05) is 0 Å². The van der Waals surface area contributed by atoms with Crippen molar-refractivity contribution in [2.75, 3.05) is 13.2 Å². The van der Waals surface area contributed by atoms with Gasteiger partial charge in [-0.3, -0.25) is 14.3 Å². The molecule has 0 aromatic carbocycles. The van der Waals surface area contributed by atoms with E-state index in [1.54, 1.807) is 6.92 Å². The highest BCUT2D eigenvalue weighted by Gasteiger charge is 2.55. The fraction of sp³-hybridized carbons (Fsp3) is 0.600. The van der Waals surface area contributed by atoms with Crippen LogP contribution in [0.15, 0.2) is 15.8 Å². The van der Waals surface area contributed by atoms with Crippen LogP contribution >= 0.6 is 0 Å². The number of rotatable bonds is 3. The molecule has 1 aromatic heterocycles. The zero-order chi connectivity index (χ0) is 11.9. The smallest absolute Gasteiger partial charge is 0.328 e. The number of aliphatic hydroxyl groups excluding tert-OH is 2. The molecular formula is C10H14N2O4. The lowest BCUT2D eigenvalue weighted by Crippen LogP contribution is -2.32. The molecule has 0 saturated heterocycles. The number of aromatic amines is 1. The molecule has 2 rings (SSSR count). The molecule has 3 N–H and O–H groups in total. The second kappa shape index (κ2) is 3.57. The van der Waals surface area contributed by atoms with Crippen molar-refractivity contribution in [1.29, 1.82) is 0 Å². The van der Waals surface area contributed by atoms with Crippen LogP contribution in [-0.4, -0.2) is 33.0 Å². The number of H-pyrrole nitrogens is 1. The van der Waals surface area contributed by atoms with Crippen LogP contribution in [0.5, 0.6) is 0 Å². The highest BCUT2D eigenvalue weighted by Crippen LogP contribution is 2.54. The van der Waals surface area contributed by atoms with Crippen LogP contribution in [0.3, 0.4) is 0 Å². The molecule has 1 atom stereocenters. The molecule has 1 aromatic rings. The first-order valence-electron chi connectivity index (χ1n) is 5.08. The van der Waals surface area contributed by atoms with Gasteiger partial charge < -0.3 is 10.2 Å². The maximum absolute atomic E-state index is 11.5. The summed E-state index contributed by atoms with van der Waals surface area (Å²) in [6.45, 7) is 1.27. The summed E-state index contributed by atoms with van der Waals surface area (Å²) in [5.74, 6) is 0. The van der Waals surface area contributed by atoms with Gasteiger partial charge in [-0.15, -0.1) is 0 Å². The van der Waals surface area contributed by atoms with Gasteiger partial charge in [0.2, 0.25) is 0 Å². The van der Waals surface area contributed by atoms with Gasteiger partial charge >= 0.3 is 5.69 Å². The minimum Gasteiger partial charge on any atom is -0.396 e. The molecule has 1 heterocycles. The van der Waals surface area contributed by atoms with Crippen molar-refractivity contribution in [3.8, 4) is 0 Å². The second-order valence-corrected chi connectivity index (χ2v) is 4.38. The molecule has 0 radical (unpaired) electrons. The summed E-state index contributed by atoms with van der Waals surface area (Å²) < 4.78 is 1.38. The number of nitrogens with zero attached hydrogens (tertiary/aromatic N) is 1. The number of nitrogens with one attached hydrogen (secondary N) is 1. The van der Waals surface area contributed by atoms with E-state index in [2.05, 4.69) is 4.98 Å². The summed E-state index contributed by atoms with van der Waals surface area (Å²) in [5.41, 5.74) is -1.07. The lowest BCUT2D eigenvalue weighted by molar-refractivity contribution is 0.122. The summed E-state index contributed by atoms with van der Waals surface area (Å²) in [6, 6.07) is -0.231. The van der Waals surface area contributed by atoms with Crippen molar-refractivity contribution in [3.05, 3.63) is 32.6 Å². The van der Waals surface area contributed by atoms with E-state index in [9.17, 15) is 9.59 Å². The van der Waals surface area contributed by atoms with Gasteiger partial charge in [0.1, 0.15) is 0 Å². The Kier molecular flexibility index (Phi) is 2.47. The highest BCUT2D eigenvalue weighted by molar-refractivity contribution is 5.10. The molecule has 6 heteroatoms. The number of hydrogen-bond acceptors (Lipinski definition) is 4. The first-order valence-corrected chi connectivity index (χ1v) is 5.08. The molecule has 1 fully saturated rings. The van der Waals surface area contributed by atoms with Crippen LogP contribution in [0.25, 0.3) is 0 Å². The van der Waals surface area contributed by atoms with E-state index in [0.29, 0.717) is 12.0 Å². The average Bonchev–Trinajstić information content (AvgIpc) is 2.98. The maximum Gasteiger partial charge on any atom is 0.328 e. The standard InChI is InChI=1S/C10H14N2O4/c1-6-3-12(9(16)11-8(6)15)7-2-10(7,4-13)5-14/h3,7,13-14H,2,4-5H2,1H3,(H,11,15,16). The van der Waals surface area contributed by atoms with Crippen molar-refractivity contribution in [2.45, 2.75) is 19.4 Å². The summed E-state index contributed by atoms with van der Waals surface area (Å²) >= 11 is 0. The zero-order valence-electron chi connectivity index (χ0n) is 8.93. The van der Waals surface area contributed by atoms with Gasteiger partial charge in [-0.2, -0.15) is 0 Å². The Morgan fingerprint density at radius 2 is 2.12 bits per heavy atom. The minimum absolute atomic E-state index is 0.168. The van der Waals surface area contributed by atoms with Gasteiger partial charge in [0.05, 0.1) is 13.2 Å². The van der Waals surface area contributed by atoms with Gasteiger partial charge in [0, 0.05) is 23.2 Å². The topological polar surface area (TPSA) is 95.3 Å². The molecule has 6 nitrogen and oxygen atoms in total. The van der Waals surface area contributed by atoms with E-state index in [4.69, 9.17) is 10.2 Å². The Morgan fingerprint density at radius 3 is 2.62 bits per heavy atom. The molecule has 0 amide bonds. The van der Waals surface area contributed by atoms with Crippen LogP contribution in [-0.2, 0) is 0 Å². The summed E-state index contributed by atoms with van der Waals surface area (Å²) in [7, 11) is 0. The van der Waals surface area contributed by atoms with Crippen molar-refractivity contribution < 1.29 is 10.2 Å². The molecule has 1 saturated carbocycles. The molecule has 1 unspecified atom stereocenters. The van der Waals surface area contributed by atoms with Crippen molar-refractivity contribution in [2.24, 2.45) is 5.41 Å². The number of hydrogen-bond donors (Lipinski definition) is 3. The van der Waals surface area contributed by atoms with E-state index < -0.39 is 16.7 Å². The third kappa shape index (κ3) is 1.50. The first-order chi connectivity index (χ1) is 7.54. The quantitative estimate of drug-likeness (QED) is 0.600. The SMILES string of the molecule is Cc1cn(C2CC2(CO)CO)c(=O)[nH]c1=O. The zero-order valence-corrected chi connectivity index (χ0v) is 8.93. The Bertz CT molecular complexity index is 512. The lowest BCUT2D eigenvalue weighted by atomic mass is 10.1. The molecule has 16 heavy (non-hydrogen) atoms. The molecule has 0 spiro atoms. The second-order valence-electron chi connectivity index (χ2n) is 4.38. The minimum atomic E-state index is -0.617. The number of aryl methyl sites for hydroxylation is 1. The number of aromatic nitrogens is 2. The monoisotopic (exact) mass is 226 g/mol. The highest BCUT2D eigenvalue weighted by atomic mass is 16.3. The van der Waals surface area contributed by atoms with E-state index >= 15 is 0 Å². The summed E-state index contributed by atoms with van der Waals surface area (Å²) in [4.78, 5) is 24.9. The molecule has 0 bridgehead atoms. The molecule has 1 aliphatic rings. The molecule has 88 valence electrons. The third-order valence-electron chi connectivity index (χ3n) is 3.26. The van der Waals surface area contributed by atoms with E-state index in [1.807, 2.05) is 0 Å². The maximum atomic E-state index is 11.5. The Balaban J connectivity index is 2.41. The van der Waals surface area contributed by atoms with Gasteiger partial charge in [-0.25, -0.2) is 4.79 Å². The Labute approximate surface area is 91.2 Å². The van der Waals surface area contributed by atoms with Crippen LogP contribution in [0.1, 0.15) is 18.0 Å². The van der Waals surface area contributed by atoms with Crippen molar-refractivity contribution >= 4 is 0 Å². The molecule has 0 aliphatic heterocycles. The van der Waals surface area contributed by atoms with Crippen LogP contribution in [0, 0.1) is 12.3 Å². The normalized spacial score (nSPS) is 22.1. The van der Waals surface area contributed by atoms with Gasteiger partial charge in [-0.05, 0) is 13.3 Å².